The topological polar surface area (TPSA) is 90.0 Å². The summed E-state index contributed by atoms with van der Waals surface area (Å²) < 4.78 is 54.2. The molecule has 200 valence electrons. The average molecular weight is 530 g/mol. The van der Waals surface area contributed by atoms with Gasteiger partial charge in [0.05, 0.1) is 25.3 Å². The number of amides is 2. The third kappa shape index (κ3) is 5.99. The van der Waals surface area contributed by atoms with Gasteiger partial charge in [0, 0.05) is 37.3 Å². The van der Waals surface area contributed by atoms with E-state index in [-0.39, 0.29) is 29.6 Å². The van der Waals surface area contributed by atoms with Crippen LogP contribution in [0.2, 0.25) is 0 Å². The van der Waals surface area contributed by atoms with Crippen molar-refractivity contribution >= 4 is 11.8 Å². The van der Waals surface area contributed by atoms with E-state index in [4.69, 9.17) is 9.47 Å². The number of ether oxygens (including phenoxy) is 3. The van der Waals surface area contributed by atoms with Crippen molar-refractivity contribution in [2.45, 2.75) is 25.0 Å². The number of aromatic nitrogens is 1. The van der Waals surface area contributed by atoms with Crippen LogP contribution in [-0.2, 0) is 0 Å². The molecule has 38 heavy (non-hydrogen) atoms. The lowest BCUT2D eigenvalue weighted by Crippen LogP contribution is -2.51. The Bertz CT molecular complexity index is 1290. The summed E-state index contributed by atoms with van der Waals surface area (Å²) in [6, 6.07) is 12.6. The fraction of sp³-hybridized carbons (Fsp3) is 0.296. The van der Waals surface area contributed by atoms with Crippen LogP contribution >= 0.6 is 0 Å². The predicted molar refractivity (Wildman–Crippen MR) is 131 cm³/mol. The second kappa shape index (κ2) is 11.8. The highest BCUT2D eigenvalue weighted by atomic mass is 19.3. The number of piperidine rings is 1. The number of carbonyl (C=O) groups excluding carboxylic acids is 2. The number of hydrogen-bond acceptors (Lipinski definition) is 6. The number of carbonyl (C=O) groups is 2. The molecule has 1 aliphatic rings. The van der Waals surface area contributed by atoms with Crippen LogP contribution in [0.15, 0.2) is 60.8 Å². The van der Waals surface area contributed by atoms with Gasteiger partial charge in [0.1, 0.15) is 11.6 Å². The van der Waals surface area contributed by atoms with E-state index in [1.165, 1.54) is 56.8 Å². The normalized spacial score (nSPS) is 17.2. The number of likely N-dealkylation sites (tertiary alicyclic amines) is 1. The van der Waals surface area contributed by atoms with E-state index >= 15 is 0 Å². The first-order chi connectivity index (χ1) is 18.3. The minimum atomic E-state index is -3.09. The predicted octanol–water partition coefficient (Wildman–Crippen LogP) is 4.27. The van der Waals surface area contributed by atoms with Gasteiger partial charge in [0.2, 0.25) is 0 Å². The van der Waals surface area contributed by atoms with E-state index in [9.17, 15) is 22.8 Å². The maximum absolute atomic E-state index is 13.7. The first-order valence-electron chi connectivity index (χ1n) is 11.8. The Kier molecular flexibility index (Phi) is 8.35. The van der Waals surface area contributed by atoms with Crippen LogP contribution in [-0.4, -0.2) is 61.7 Å². The van der Waals surface area contributed by atoms with Crippen molar-refractivity contribution in [1.29, 1.82) is 0 Å². The van der Waals surface area contributed by atoms with Gasteiger partial charge in [-0.25, -0.2) is 9.37 Å². The lowest BCUT2D eigenvalue weighted by atomic mass is 9.85. The molecule has 3 aromatic rings. The molecule has 2 amide bonds. The second-order valence-corrected chi connectivity index (χ2v) is 8.59. The Balaban J connectivity index is 1.58. The number of nitrogens with one attached hydrogen (secondary N) is 1. The Morgan fingerprint density at radius 2 is 1.79 bits per heavy atom. The molecule has 2 atom stereocenters. The van der Waals surface area contributed by atoms with Crippen LogP contribution in [0.1, 0.15) is 38.6 Å². The number of rotatable bonds is 8. The Morgan fingerprint density at radius 1 is 1.05 bits per heavy atom. The standard InChI is InChI=1S/C27H26F3N3O5/c1-36-23-13-17(14-31-25(23)37-2)26(35)33-12-11-21(20(15-33)16-7-9-18(28)10-8-16)32-24(34)19-5-3-4-6-22(19)38-27(29)30/h3-10,13-14,20-21,27H,11-12,15H2,1-2H3,(H,32,34)/t20-,21+/m0/s1. The summed E-state index contributed by atoms with van der Waals surface area (Å²) in [6.45, 7) is -2.58. The third-order valence-electron chi connectivity index (χ3n) is 6.34. The van der Waals surface area contributed by atoms with Crippen molar-refractivity contribution in [3.63, 3.8) is 0 Å². The van der Waals surface area contributed by atoms with Crippen molar-refractivity contribution in [1.82, 2.24) is 15.2 Å². The highest BCUT2D eigenvalue weighted by molar-refractivity contribution is 5.97. The molecule has 4 rings (SSSR count). The molecule has 0 bridgehead atoms. The number of para-hydroxylation sites is 1. The molecular weight excluding hydrogens is 503 g/mol. The van der Waals surface area contributed by atoms with Crippen molar-refractivity contribution in [3.05, 3.63) is 83.3 Å². The summed E-state index contributed by atoms with van der Waals surface area (Å²) in [6.07, 6.45) is 1.75. The molecule has 0 unspecified atom stereocenters. The molecule has 0 saturated carbocycles. The summed E-state index contributed by atoms with van der Waals surface area (Å²) >= 11 is 0. The number of hydrogen-bond donors (Lipinski definition) is 1. The van der Waals surface area contributed by atoms with Gasteiger partial charge in [0.15, 0.2) is 5.75 Å². The largest absolute Gasteiger partial charge is 0.491 e. The van der Waals surface area contributed by atoms with Crippen molar-refractivity contribution < 1.29 is 37.0 Å². The zero-order chi connectivity index (χ0) is 27.2. The van der Waals surface area contributed by atoms with E-state index in [2.05, 4.69) is 15.0 Å². The summed E-state index contributed by atoms with van der Waals surface area (Å²) in [5.41, 5.74) is 0.957. The maximum Gasteiger partial charge on any atom is 0.387 e. The fourth-order valence-corrected chi connectivity index (χ4v) is 4.49. The van der Waals surface area contributed by atoms with Crippen molar-refractivity contribution in [2.24, 2.45) is 0 Å². The first-order valence-corrected chi connectivity index (χ1v) is 11.8. The van der Waals surface area contributed by atoms with Gasteiger partial charge >= 0.3 is 6.61 Å². The summed E-state index contributed by atoms with van der Waals surface area (Å²) in [5, 5.41) is 2.90. The number of nitrogens with zero attached hydrogens (tertiary/aromatic N) is 2. The molecule has 0 radical (unpaired) electrons. The minimum absolute atomic E-state index is 0.0411. The Labute approximate surface area is 217 Å². The SMILES string of the molecule is COc1cc(C(=O)N2CC[C@@H](NC(=O)c3ccccc3OC(F)F)[C@H](c3ccc(F)cc3)C2)cnc1OC. The van der Waals surface area contributed by atoms with Crippen LogP contribution in [0.4, 0.5) is 13.2 Å². The zero-order valence-corrected chi connectivity index (χ0v) is 20.7. The monoisotopic (exact) mass is 529 g/mol. The number of alkyl halides is 2. The van der Waals surface area contributed by atoms with E-state index in [0.29, 0.717) is 29.8 Å². The number of benzene rings is 2. The van der Waals surface area contributed by atoms with Crippen molar-refractivity contribution in [3.8, 4) is 17.4 Å². The molecule has 1 aromatic heterocycles. The molecule has 0 spiro atoms. The van der Waals surface area contributed by atoms with Gasteiger partial charge in [-0.2, -0.15) is 8.78 Å². The molecule has 1 aliphatic heterocycles. The highest BCUT2D eigenvalue weighted by Gasteiger charge is 2.35. The van der Waals surface area contributed by atoms with Crippen LogP contribution in [0, 0.1) is 5.82 Å². The van der Waals surface area contributed by atoms with Crippen LogP contribution in [0.5, 0.6) is 17.4 Å². The second-order valence-electron chi connectivity index (χ2n) is 8.59. The summed E-state index contributed by atoms with van der Waals surface area (Å²) in [7, 11) is 2.88. The Hall–Kier alpha value is -4.28. The molecule has 8 nitrogen and oxygen atoms in total. The lowest BCUT2D eigenvalue weighted by molar-refractivity contribution is -0.0501. The fourth-order valence-electron chi connectivity index (χ4n) is 4.49. The van der Waals surface area contributed by atoms with Gasteiger partial charge in [0.25, 0.3) is 17.7 Å². The zero-order valence-electron chi connectivity index (χ0n) is 20.7. The molecule has 1 saturated heterocycles. The molecule has 2 heterocycles. The quantitative estimate of drug-likeness (QED) is 0.469. The number of pyridine rings is 1. The van der Waals surface area contributed by atoms with Crippen molar-refractivity contribution in [2.75, 3.05) is 27.3 Å². The molecule has 0 aliphatic carbocycles. The minimum Gasteiger partial charge on any atom is -0.491 e. The van der Waals surface area contributed by atoms with E-state index in [1.54, 1.807) is 23.1 Å². The van der Waals surface area contributed by atoms with Gasteiger partial charge in [-0.3, -0.25) is 9.59 Å². The lowest BCUT2D eigenvalue weighted by Gasteiger charge is -2.39. The highest BCUT2D eigenvalue weighted by Crippen LogP contribution is 2.31. The summed E-state index contributed by atoms with van der Waals surface area (Å²) in [5.74, 6) is -1.42. The Morgan fingerprint density at radius 3 is 2.47 bits per heavy atom. The molecule has 1 N–H and O–H groups in total. The van der Waals surface area contributed by atoms with E-state index < -0.39 is 30.3 Å². The molecule has 11 heteroatoms. The van der Waals surface area contributed by atoms with Gasteiger partial charge < -0.3 is 24.4 Å². The van der Waals surface area contributed by atoms with Gasteiger partial charge in [-0.15, -0.1) is 0 Å². The number of methoxy groups -OCH3 is 2. The smallest absolute Gasteiger partial charge is 0.387 e. The van der Waals surface area contributed by atoms with Crippen LogP contribution < -0.4 is 19.5 Å². The van der Waals surface area contributed by atoms with E-state index in [1.807, 2.05) is 0 Å². The first kappa shape index (κ1) is 26.8. The molecule has 1 fully saturated rings. The molecule has 2 aromatic carbocycles. The van der Waals surface area contributed by atoms with E-state index in [0.717, 1.165) is 0 Å². The molecular formula is C27H26F3N3O5. The van der Waals surface area contributed by atoms with Crippen LogP contribution in [0.3, 0.4) is 0 Å². The van der Waals surface area contributed by atoms with Gasteiger partial charge in [-0.1, -0.05) is 24.3 Å². The van der Waals surface area contributed by atoms with Crippen LogP contribution in [0.25, 0.3) is 0 Å². The van der Waals surface area contributed by atoms with Gasteiger partial charge in [-0.05, 0) is 36.2 Å². The maximum atomic E-state index is 13.7. The third-order valence-corrected chi connectivity index (χ3v) is 6.34. The average Bonchev–Trinajstić information content (AvgIpc) is 2.93. The number of halogens is 3. The summed E-state index contributed by atoms with van der Waals surface area (Å²) in [4.78, 5) is 32.2.